The van der Waals surface area contributed by atoms with E-state index < -0.39 is 5.41 Å². The molecular formula is C29H38N4O6. The topological polar surface area (TPSA) is 141 Å². The Morgan fingerprint density at radius 1 is 1.05 bits per heavy atom. The Labute approximate surface area is 229 Å². The number of carbonyl (C=O) groups excluding carboxylic acids is 3. The Bertz CT molecular complexity index is 1280. The molecule has 0 aromatic heterocycles. The van der Waals surface area contributed by atoms with E-state index in [0.717, 1.165) is 5.56 Å². The number of phenols is 1. The lowest BCUT2D eigenvalue weighted by molar-refractivity contribution is -0.120. The molecule has 0 spiro atoms. The molecule has 2 aromatic rings. The average molecular weight is 539 g/mol. The summed E-state index contributed by atoms with van der Waals surface area (Å²) in [6, 6.07) is 6.57. The molecule has 0 aliphatic carbocycles. The molecule has 2 amide bonds. The lowest BCUT2D eigenvalue weighted by Crippen LogP contribution is -2.30. The summed E-state index contributed by atoms with van der Waals surface area (Å²) in [5.74, 6) is 0.0572. The van der Waals surface area contributed by atoms with Crippen molar-refractivity contribution in [2.75, 3.05) is 33.9 Å². The van der Waals surface area contributed by atoms with Crippen LogP contribution in [0, 0.1) is 5.41 Å². The number of rotatable bonds is 11. The van der Waals surface area contributed by atoms with Gasteiger partial charge in [-0.15, -0.1) is 0 Å². The van der Waals surface area contributed by atoms with Crippen molar-refractivity contribution < 1.29 is 29.0 Å². The number of fused-ring (bicyclic) bond motifs is 1. The lowest BCUT2D eigenvalue weighted by atomic mass is 9.84. The summed E-state index contributed by atoms with van der Waals surface area (Å²) in [7, 11) is 3.10. The predicted molar refractivity (Wildman–Crippen MR) is 148 cm³/mol. The number of Topliss-reactive ketones (excluding diaryl/α,β-unsaturated/α-hetero) is 1. The first-order valence-electron chi connectivity index (χ1n) is 13.0. The summed E-state index contributed by atoms with van der Waals surface area (Å²) in [4.78, 5) is 39.0. The van der Waals surface area contributed by atoms with Gasteiger partial charge in [-0.3, -0.25) is 19.8 Å². The smallest absolute Gasteiger partial charge is 0.254 e. The minimum atomic E-state index is -0.469. The molecule has 4 N–H and O–H groups in total. The van der Waals surface area contributed by atoms with Gasteiger partial charge in [0.25, 0.3) is 5.91 Å². The monoisotopic (exact) mass is 538 g/mol. The third-order valence-electron chi connectivity index (χ3n) is 6.53. The first-order valence-corrected chi connectivity index (χ1v) is 13.0. The van der Waals surface area contributed by atoms with Gasteiger partial charge in [0.05, 0.1) is 25.3 Å². The molecule has 1 heterocycles. The Balaban J connectivity index is 1.85. The molecular weight excluding hydrogens is 500 g/mol. The first kappa shape index (κ1) is 29.5. The number of ether oxygens (including phenoxy) is 2. The zero-order chi connectivity index (χ0) is 28.9. The van der Waals surface area contributed by atoms with E-state index in [0.29, 0.717) is 47.6 Å². The third-order valence-corrected chi connectivity index (χ3v) is 6.53. The van der Waals surface area contributed by atoms with Crippen LogP contribution in [0.3, 0.4) is 0 Å². The van der Waals surface area contributed by atoms with E-state index in [9.17, 15) is 19.5 Å². The van der Waals surface area contributed by atoms with E-state index in [2.05, 4.69) is 10.6 Å². The van der Waals surface area contributed by atoms with Crippen LogP contribution >= 0.6 is 0 Å². The molecule has 10 nitrogen and oxygen atoms in total. The third kappa shape index (κ3) is 6.68. The van der Waals surface area contributed by atoms with E-state index in [4.69, 9.17) is 14.9 Å². The Hall–Kier alpha value is -4.08. The fraction of sp³-hybridized carbons (Fsp3) is 0.448. The summed E-state index contributed by atoms with van der Waals surface area (Å²) in [6.07, 6.45) is 0.736. The zero-order valence-electron chi connectivity index (χ0n) is 23.5. The van der Waals surface area contributed by atoms with E-state index in [1.807, 2.05) is 27.7 Å². The van der Waals surface area contributed by atoms with Gasteiger partial charge in [-0.2, -0.15) is 0 Å². The van der Waals surface area contributed by atoms with Crippen LogP contribution in [0.4, 0.5) is 0 Å². The van der Waals surface area contributed by atoms with Crippen molar-refractivity contribution >= 4 is 23.4 Å². The maximum atomic E-state index is 13.5. The van der Waals surface area contributed by atoms with Crippen molar-refractivity contribution in [2.45, 2.75) is 52.5 Å². The summed E-state index contributed by atoms with van der Waals surface area (Å²) in [5.41, 5.74) is 2.15. The van der Waals surface area contributed by atoms with Gasteiger partial charge in [0.15, 0.2) is 17.3 Å². The number of amidine groups is 1. The molecule has 10 heteroatoms. The fourth-order valence-corrected chi connectivity index (χ4v) is 4.41. The number of aromatic hydroxyl groups is 1. The predicted octanol–water partition coefficient (Wildman–Crippen LogP) is 3.38. The van der Waals surface area contributed by atoms with Crippen molar-refractivity contribution in [1.29, 1.82) is 5.41 Å². The molecule has 3 rings (SSSR count). The number of nitrogens with zero attached hydrogens (tertiary/aromatic N) is 1. The maximum absolute atomic E-state index is 13.5. The molecule has 0 saturated heterocycles. The zero-order valence-corrected chi connectivity index (χ0v) is 23.5. The average Bonchev–Trinajstić information content (AvgIpc) is 3.19. The molecule has 210 valence electrons. The highest BCUT2D eigenvalue weighted by Gasteiger charge is 2.30. The number of benzene rings is 2. The minimum absolute atomic E-state index is 0.0366. The molecule has 0 saturated carbocycles. The standard InChI is InChI=1S/C29H38N4O6/c1-7-38-23-13-18-15-33(27(30)19(18)14-20(23)28(37)32-6)16-22(34)17-11-21(29(2,3)4)26(36)24(12-17)39-10-8-9-25(35)31-5/h11-14,30,36H,7-10,15-16H2,1-6H3,(H,31,35)(H,32,37). The highest BCUT2D eigenvalue weighted by Crippen LogP contribution is 2.39. The molecule has 0 unspecified atom stereocenters. The highest BCUT2D eigenvalue weighted by molar-refractivity contribution is 6.07. The van der Waals surface area contributed by atoms with E-state index in [1.54, 1.807) is 30.1 Å². The summed E-state index contributed by atoms with van der Waals surface area (Å²) < 4.78 is 11.5. The van der Waals surface area contributed by atoms with Gasteiger partial charge < -0.3 is 30.1 Å². The summed E-state index contributed by atoms with van der Waals surface area (Å²) >= 11 is 0. The fourth-order valence-electron chi connectivity index (χ4n) is 4.41. The van der Waals surface area contributed by atoms with Gasteiger partial charge in [0.1, 0.15) is 11.6 Å². The van der Waals surface area contributed by atoms with Crippen LogP contribution in [-0.4, -0.2) is 67.3 Å². The van der Waals surface area contributed by atoms with Crippen LogP contribution in [0.15, 0.2) is 24.3 Å². The Morgan fingerprint density at radius 3 is 2.38 bits per heavy atom. The van der Waals surface area contributed by atoms with Crippen LogP contribution < -0.4 is 20.1 Å². The van der Waals surface area contributed by atoms with Crippen LogP contribution in [0.1, 0.15) is 77.9 Å². The second-order valence-electron chi connectivity index (χ2n) is 10.4. The van der Waals surface area contributed by atoms with Crippen LogP contribution in [0.5, 0.6) is 17.2 Å². The van der Waals surface area contributed by atoms with Gasteiger partial charge in [-0.05, 0) is 48.6 Å². The van der Waals surface area contributed by atoms with E-state index >= 15 is 0 Å². The Morgan fingerprint density at radius 2 is 1.77 bits per heavy atom. The van der Waals surface area contributed by atoms with Gasteiger partial charge >= 0.3 is 0 Å². The van der Waals surface area contributed by atoms with Crippen molar-refractivity contribution in [1.82, 2.24) is 15.5 Å². The number of hydrogen-bond donors (Lipinski definition) is 4. The van der Waals surface area contributed by atoms with Gasteiger partial charge in [0.2, 0.25) is 5.91 Å². The molecule has 0 fully saturated rings. The van der Waals surface area contributed by atoms with Crippen molar-refractivity contribution in [3.05, 3.63) is 52.1 Å². The van der Waals surface area contributed by atoms with E-state index in [-0.39, 0.29) is 54.5 Å². The maximum Gasteiger partial charge on any atom is 0.254 e. The molecule has 1 aliphatic rings. The minimum Gasteiger partial charge on any atom is -0.504 e. The molecule has 39 heavy (non-hydrogen) atoms. The number of ketones is 1. The second-order valence-corrected chi connectivity index (χ2v) is 10.4. The molecule has 2 aromatic carbocycles. The van der Waals surface area contributed by atoms with Crippen LogP contribution in [0.25, 0.3) is 0 Å². The van der Waals surface area contributed by atoms with Crippen molar-refractivity contribution in [3.8, 4) is 17.2 Å². The van der Waals surface area contributed by atoms with Crippen molar-refractivity contribution in [2.24, 2.45) is 0 Å². The molecule has 0 bridgehead atoms. The summed E-state index contributed by atoms with van der Waals surface area (Å²) in [6.45, 7) is 8.45. The van der Waals surface area contributed by atoms with Gasteiger partial charge in [0, 0.05) is 43.8 Å². The molecule has 0 radical (unpaired) electrons. The SMILES string of the molecule is CCOc1cc2c(cc1C(=O)NC)C(=N)N(CC(=O)c1cc(OCCCC(=O)NC)c(O)c(C(C)(C)C)c1)C2. The molecule has 0 atom stereocenters. The van der Waals surface area contributed by atoms with Gasteiger partial charge in [-0.25, -0.2) is 0 Å². The van der Waals surface area contributed by atoms with Gasteiger partial charge in [-0.1, -0.05) is 20.8 Å². The quantitative estimate of drug-likeness (QED) is 0.254. The number of hydrogen-bond acceptors (Lipinski definition) is 7. The largest absolute Gasteiger partial charge is 0.504 e. The Kier molecular flexibility index (Phi) is 9.21. The molecule has 1 aliphatic heterocycles. The highest BCUT2D eigenvalue weighted by atomic mass is 16.5. The normalized spacial score (nSPS) is 12.7. The number of phenolic OH excluding ortho intramolecular Hbond substituents is 1. The number of carbonyl (C=O) groups is 3. The lowest BCUT2D eigenvalue weighted by Gasteiger charge is -2.24. The second kappa shape index (κ2) is 12.2. The van der Waals surface area contributed by atoms with Crippen molar-refractivity contribution in [3.63, 3.8) is 0 Å². The van der Waals surface area contributed by atoms with Crippen LogP contribution in [0.2, 0.25) is 0 Å². The first-order chi connectivity index (χ1) is 18.4. The number of amides is 2. The summed E-state index contributed by atoms with van der Waals surface area (Å²) in [5, 5.41) is 24.7. The number of nitrogens with one attached hydrogen (secondary N) is 3. The van der Waals surface area contributed by atoms with Crippen LogP contribution in [-0.2, 0) is 16.8 Å². The van der Waals surface area contributed by atoms with E-state index in [1.165, 1.54) is 13.1 Å².